The van der Waals surface area contributed by atoms with Crippen LogP contribution < -0.4 is 5.32 Å². The van der Waals surface area contributed by atoms with Gasteiger partial charge in [0.05, 0.1) is 11.6 Å². The van der Waals surface area contributed by atoms with Crippen molar-refractivity contribution in [2.75, 3.05) is 33.3 Å². The Hall–Kier alpha value is -0.980. The molecule has 19 heavy (non-hydrogen) atoms. The molecule has 106 valence electrons. The lowest BCUT2D eigenvalue weighted by Gasteiger charge is -2.37. The third-order valence-corrected chi connectivity index (χ3v) is 4.21. The first-order valence-corrected chi connectivity index (χ1v) is 7.33. The largest absolute Gasteiger partial charge is 0.363 e. The van der Waals surface area contributed by atoms with Gasteiger partial charge in [0.15, 0.2) is 5.60 Å². The Morgan fingerprint density at radius 1 is 1.68 bits per heavy atom. The number of rotatable bonds is 4. The van der Waals surface area contributed by atoms with Crippen LogP contribution in [0.5, 0.6) is 0 Å². The first-order chi connectivity index (χ1) is 8.99. The minimum absolute atomic E-state index is 0.0349. The molecule has 6 heteroatoms. The molecule has 1 aliphatic heterocycles. The molecule has 1 saturated heterocycles. The highest BCUT2D eigenvalue weighted by Gasteiger charge is 2.37. The van der Waals surface area contributed by atoms with E-state index in [1.54, 1.807) is 11.3 Å². The Morgan fingerprint density at radius 3 is 3.11 bits per heavy atom. The fourth-order valence-corrected chi connectivity index (χ4v) is 2.98. The highest BCUT2D eigenvalue weighted by atomic mass is 32.1. The topological polar surface area (TPSA) is 54.5 Å². The molecule has 0 spiro atoms. The highest BCUT2D eigenvalue weighted by molar-refractivity contribution is 7.11. The molecule has 1 amide bonds. The van der Waals surface area contributed by atoms with Gasteiger partial charge in [-0.05, 0) is 20.9 Å². The van der Waals surface area contributed by atoms with E-state index in [9.17, 15) is 4.79 Å². The number of aryl methyl sites for hydroxylation is 1. The zero-order valence-electron chi connectivity index (χ0n) is 11.7. The third-order valence-electron chi connectivity index (χ3n) is 3.24. The van der Waals surface area contributed by atoms with Gasteiger partial charge < -0.3 is 15.0 Å². The van der Waals surface area contributed by atoms with Crippen molar-refractivity contribution in [2.45, 2.75) is 25.9 Å². The maximum absolute atomic E-state index is 12.2. The summed E-state index contributed by atoms with van der Waals surface area (Å²) in [6.45, 7) is 6.61. The zero-order valence-corrected chi connectivity index (χ0v) is 12.5. The van der Waals surface area contributed by atoms with Crippen molar-refractivity contribution < 1.29 is 9.53 Å². The number of hydrogen-bond acceptors (Lipinski definition) is 5. The molecule has 1 atom stereocenters. The minimum atomic E-state index is -0.730. The number of ether oxygens (including phenoxy) is 1. The molecule has 0 saturated carbocycles. The number of likely N-dealkylation sites (N-methyl/N-ethyl adjacent to an activating group) is 1. The van der Waals surface area contributed by atoms with E-state index in [1.165, 1.54) is 4.88 Å². The molecular weight excluding hydrogens is 262 g/mol. The maximum atomic E-state index is 12.2. The summed E-state index contributed by atoms with van der Waals surface area (Å²) in [7, 11) is 2.01. The molecule has 0 aliphatic carbocycles. The van der Waals surface area contributed by atoms with Gasteiger partial charge in [0.1, 0.15) is 0 Å². The summed E-state index contributed by atoms with van der Waals surface area (Å²) in [4.78, 5) is 19.8. The number of nitrogens with one attached hydrogen (secondary N) is 1. The molecule has 1 aromatic heterocycles. The average Bonchev–Trinajstić information content (AvgIpc) is 2.74. The van der Waals surface area contributed by atoms with Crippen LogP contribution in [-0.4, -0.2) is 54.7 Å². The Balaban J connectivity index is 1.80. The van der Waals surface area contributed by atoms with Crippen molar-refractivity contribution in [1.29, 1.82) is 0 Å². The van der Waals surface area contributed by atoms with Crippen molar-refractivity contribution in [3.63, 3.8) is 0 Å². The lowest BCUT2D eigenvalue weighted by molar-refractivity contribution is -0.155. The van der Waals surface area contributed by atoms with Crippen LogP contribution >= 0.6 is 11.3 Å². The van der Waals surface area contributed by atoms with E-state index in [0.717, 1.165) is 18.0 Å². The number of morpholine rings is 1. The number of nitrogens with zero attached hydrogens (tertiary/aromatic N) is 2. The normalized spacial score (nSPS) is 24.4. The summed E-state index contributed by atoms with van der Waals surface area (Å²) in [5.41, 5.74) is -0.730. The van der Waals surface area contributed by atoms with Crippen LogP contribution in [0.4, 0.5) is 0 Å². The fraction of sp³-hybridized carbons (Fsp3) is 0.692. The Bertz CT molecular complexity index is 449. The fourth-order valence-electron chi connectivity index (χ4n) is 2.19. The number of amides is 1. The molecule has 1 aromatic rings. The highest BCUT2D eigenvalue weighted by Crippen LogP contribution is 2.17. The van der Waals surface area contributed by atoms with Crippen molar-refractivity contribution >= 4 is 17.2 Å². The average molecular weight is 283 g/mol. The van der Waals surface area contributed by atoms with E-state index in [4.69, 9.17) is 4.74 Å². The Morgan fingerprint density at radius 2 is 2.47 bits per heavy atom. The second-order valence-electron chi connectivity index (χ2n) is 5.19. The van der Waals surface area contributed by atoms with E-state index < -0.39 is 5.60 Å². The van der Waals surface area contributed by atoms with Crippen LogP contribution in [0.15, 0.2) is 6.20 Å². The molecule has 1 N–H and O–H groups in total. The maximum Gasteiger partial charge on any atom is 0.253 e. The Labute approximate surface area is 118 Å². The van der Waals surface area contributed by atoms with Gasteiger partial charge in [-0.15, -0.1) is 11.3 Å². The molecule has 5 nitrogen and oxygen atoms in total. The van der Waals surface area contributed by atoms with Gasteiger partial charge >= 0.3 is 0 Å². The van der Waals surface area contributed by atoms with E-state index in [1.807, 2.05) is 27.1 Å². The predicted octanol–water partition coefficient (Wildman–Crippen LogP) is 0.831. The molecule has 0 radical (unpaired) electrons. The predicted molar refractivity (Wildman–Crippen MR) is 75.4 cm³/mol. The first kappa shape index (κ1) is 14.4. The third kappa shape index (κ3) is 3.75. The molecule has 2 heterocycles. The number of thiazole rings is 1. The molecule has 2 rings (SSSR count). The summed E-state index contributed by atoms with van der Waals surface area (Å²) in [6, 6.07) is 0. The summed E-state index contributed by atoms with van der Waals surface area (Å²) in [5.74, 6) is -0.0349. The number of aromatic nitrogens is 1. The van der Waals surface area contributed by atoms with Crippen LogP contribution in [0.25, 0.3) is 0 Å². The van der Waals surface area contributed by atoms with Crippen molar-refractivity contribution in [1.82, 2.24) is 15.2 Å². The number of carbonyl (C=O) groups excluding carboxylic acids is 1. The second-order valence-corrected chi connectivity index (χ2v) is 6.51. The second kappa shape index (κ2) is 5.98. The van der Waals surface area contributed by atoms with Crippen molar-refractivity contribution in [3.05, 3.63) is 16.1 Å². The summed E-state index contributed by atoms with van der Waals surface area (Å²) in [6.07, 6.45) is 2.64. The van der Waals surface area contributed by atoms with Crippen LogP contribution in [0.3, 0.4) is 0 Å². The molecule has 0 unspecified atom stereocenters. The standard InChI is InChI=1S/C13H21N3O2S/c1-10-8-15-11(19-10)4-5-14-12(17)13(2)9-16(3)6-7-18-13/h8H,4-7,9H2,1-3H3,(H,14,17)/t13-/m0/s1. The quantitative estimate of drug-likeness (QED) is 0.889. The van der Waals surface area contributed by atoms with Gasteiger partial charge in [-0.1, -0.05) is 0 Å². The van der Waals surface area contributed by atoms with Crippen LogP contribution in [-0.2, 0) is 16.0 Å². The van der Waals surface area contributed by atoms with E-state index in [-0.39, 0.29) is 5.91 Å². The van der Waals surface area contributed by atoms with Gasteiger partial charge in [0.2, 0.25) is 0 Å². The lowest BCUT2D eigenvalue weighted by Crippen LogP contribution is -2.57. The number of hydrogen-bond donors (Lipinski definition) is 1. The van der Waals surface area contributed by atoms with E-state index >= 15 is 0 Å². The molecule has 0 aromatic carbocycles. The van der Waals surface area contributed by atoms with Gasteiger partial charge in [0.25, 0.3) is 5.91 Å². The van der Waals surface area contributed by atoms with Crippen molar-refractivity contribution in [2.24, 2.45) is 0 Å². The molecular formula is C13H21N3O2S. The van der Waals surface area contributed by atoms with Gasteiger partial charge in [-0.2, -0.15) is 0 Å². The summed E-state index contributed by atoms with van der Waals surface area (Å²) >= 11 is 1.67. The number of carbonyl (C=O) groups is 1. The Kier molecular flexibility index (Phi) is 4.54. The van der Waals surface area contributed by atoms with Crippen molar-refractivity contribution in [3.8, 4) is 0 Å². The van der Waals surface area contributed by atoms with Gasteiger partial charge in [-0.25, -0.2) is 4.98 Å². The SMILES string of the molecule is Cc1cnc(CCNC(=O)[C@]2(C)CN(C)CCO2)s1. The molecule has 1 aliphatic rings. The first-order valence-electron chi connectivity index (χ1n) is 6.52. The van der Waals surface area contributed by atoms with Crippen LogP contribution in [0.1, 0.15) is 16.8 Å². The zero-order chi connectivity index (χ0) is 13.9. The lowest BCUT2D eigenvalue weighted by atomic mass is 10.0. The monoisotopic (exact) mass is 283 g/mol. The van der Waals surface area contributed by atoms with E-state index in [0.29, 0.717) is 19.7 Å². The van der Waals surface area contributed by atoms with E-state index in [2.05, 4.69) is 15.2 Å². The minimum Gasteiger partial charge on any atom is -0.363 e. The smallest absolute Gasteiger partial charge is 0.253 e. The van der Waals surface area contributed by atoms with Crippen LogP contribution in [0.2, 0.25) is 0 Å². The molecule has 1 fully saturated rings. The van der Waals surface area contributed by atoms with Crippen LogP contribution in [0, 0.1) is 6.92 Å². The van der Waals surface area contributed by atoms with Gasteiger partial charge in [-0.3, -0.25) is 4.79 Å². The van der Waals surface area contributed by atoms with Gasteiger partial charge in [0, 0.05) is 37.1 Å². The molecule has 0 bridgehead atoms. The summed E-state index contributed by atoms with van der Waals surface area (Å²) in [5, 5.41) is 4.01. The summed E-state index contributed by atoms with van der Waals surface area (Å²) < 4.78 is 5.64.